The first-order valence-electron chi connectivity index (χ1n) is 6.69. The first-order chi connectivity index (χ1) is 10.1. The van der Waals surface area contributed by atoms with Crippen LogP contribution in [0.5, 0.6) is 0 Å². The van der Waals surface area contributed by atoms with Crippen LogP contribution in [0.3, 0.4) is 0 Å². The van der Waals surface area contributed by atoms with Gasteiger partial charge in [-0.25, -0.2) is 0 Å². The highest BCUT2D eigenvalue weighted by molar-refractivity contribution is 5.97. The van der Waals surface area contributed by atoms with Crippen molar-refractivity contribution in [3.8, 4) is 6.07 Å². The van der Waals surface area contributed by atoms with Gasteiger partial charge in [0, 0.05) is 7.05 Å². The second kappa shape index (κ2) is 6.69. The van der Waals surface area contributed by atoms with Crippen molar-refractivity contribution in [1.82, 2.24) is 0 Å². The zero-order chi connectivity index (χ0) is 15.2. The summed E-state index contributed by atoms with van der Waals surface area (Å²) in [6.45, 7) is 0. The van der Waals surface area contributed by atoms with E-state index in [4.69, 9.17) is 11.0 Å². The van der Waals surface area contributed by atoms with Gasteiger partial charge in [0.05, 0.1) is 17.3 Å². The van der Waals surface area contributed by atoms with Crippen molar-refractivity contribution < 1.29 is 4.79 Å². The van der Waals surface area contributed by atoms with Gasteiger partial charge in [0.15, 0.2) is 0 Å². The number of nitrogens with two attached hydrogens (primary N) is 1. The van der Waals surface area contributed by atoms with E-state index in [9.17, 15) is 4.79 Å². The van der Waals surface area contributed by atoms with Crippen molar-refractivity contribution in [1.29, 1.82) is 5.26 Å². The minimum absolute atomic E-state index is 0.207. The van der Waals surface area contributed by atoms with Gasteiger partial charge >= 0.3 is 0 Å². The normalized spacial score (nSPS) is 11.5. The van der Waals surface area contributed by atoms with Gasteiger partial charge in [-0.05, 0) is 24.1 Å². The summed E-state index contributed by atoms with van der Waals surface area (Å²) in [6.07, 6.45) is 0.471. The molecule has 0 bridgehead atoms. The molecule has 0 spiro atoms. The van der Waals surface area contributed by atoms with E-state index in [0.717, 1.165) is 5.56 Å². The number of carbonyl (C=O) groups excluding carboxylic acids is 1. The molecule has 4 heteroatoms. The number of rotatable bonds is 4. The molecule has 0 aliphatic heterocycles. The molecule has 0 aromatic heterocycles. The lowest BCUT2D eigenvalue weighted by molar-refractivity contribution is -0.119. The molecule has 0 aliphatic carbocycles. The third-order valence-electron chi connectivity index (χ3n) is 3.33. The highest BCUT2D eigenvalue weighted by Gasteiger charge is 2.21. The maximum atomic E-state index is 12.4. The fourth-order valence-corrected chi connectivity index (χ4v) is 2.18. The van der Waals surface area contributed by atoms with E-state index in [1.54, 1.807) is 31.3 Å². The molecule has 0 radical (unpaired) electrons. The van der Waals surface area contributed by atoms with Gasteiger partial charge < -0.3 is 10.6 Å². The van der Waals surface area contributed by atoms with E-state index in [-0.39, 0.29) is 5.91 Å². The van der Waals surface area contributed by atoms with E-state index in [1.165, 1.54) is 4.90 Å². The van der Waals surface area contributed by atoms with Crippen LogP contribution in [0.15, 0.2) is 54.6 Å². The van der Waals surface area contributed by atoms with Crippen molar-refractivity contribution >= 4 is 11.6 Å². The van der Waals surface area contributed by atoms with Gasteiger partial charge in [-0.2, -0.15) is 5.26 Å². The predicted octanol–water partition coefficient (Wildman–Crippen LogP) is 2.09. The lowest BCUT2D eigenvalue weighted by atomic mass is 10.1. The Kier molecular flexibility index (Phi) is 4.70. The van der Waals surface area contributed by atoms with Gasteiger partial charge in [0.25, 0.3) is 0 Å². The highest BCUT2D eigenvalue weighted by atomic mass is 16.2. The lowest BCUT2D eigenvalue weighted by Gasteiger charge is -2.22. The molecule has 4 nitrogen and oxygen atoms in total. The van der Waals surface area contributed by atoms with Crippen molar-refractivity contribution in [2.75, 3.05) is 11.9 Å². The molecule has 2 rings (SSSR count). The summed E-state index contributed by atoms with van der Waals surface area (Å²) >= 11 is 0. The van der Waals surface area contributed by atoms with Gasteiger partial charge in [-0.3, -0.25) is 4.79 Å². The van der Waals surface area contributed by atoms with Crippen LogP contribution in [-0.2, 0) is 11.2 Å². The van der Waals surface area contributed by atoms with Crippen LogP contribution >= 0.6 is 0 Å². The Morgan fingerprint density at radius 2 is 1.81 bits per heavy atom. The van der Waals surface area contributed by atoms with Gasteiger partial charge in [-0.1, -0.05) is 42.5 Å². The molecular formula is C17H17N3O. The second-order valence-corrected chi connectivity index (χ2v) is 4.82. The van der Waals surface area contributed by atoms with Crippen LogP contribution in [0.2, 0.25) is 0 Å². The Balaban J connectivity index is 2.14. The number of para-hydroxylation sites is 1. The Hall–Kier alpha value is -2.64. The summed E-state index contributed by atoms with van der Waals surface area (Å²) in [5.41, 5.74) is 8.05. The standard InChI is InChI=1S/C17H17N3O/c1-20(16-10-6-5-9-14(16)12-18)17(21)15(19)11-13-7-3-2-4-8-13/h2-10,15H,11,19H2,1H3/t15-/m0/s1. The van der Waals surface area contributed by atoms with Crippen LogP contribution in [0.25, 0.3) is 0 Å². The third kappa shape index (κ3) is 3.47. The number of hydrogen-bond donors (Lipinski definition) is 1. The SMILES string of the molecule is CN(C(=O)[C@@H](N)Cc1ccccc1)c1ccccc1C#N. The molecule has 0 heterocycles. The Morgan fingerprint density at radius 1 is 1.19 bits per heavy atom. The number of benzene rings is 2. The van der Waals surface area contributed by atoms with Crippen LogP contribution < -0.4 is 10.6 Å². The van der Waals surface area contributed by atoms with Gasteiger partial charge in [-0.15, -0.1) is 0 Å². The highest BCUT2D eigenvalue weighted by Crippen LogP contribution is 2.19. The smallest absolute Gasteiger partial charge is 0.244 e. The van der Waals surface area contributed by atoms with Gasteiger partial charge in [0.2, 0.25) is 5.91 Å². The number of amides is 1. The lowest BCUT2D eigenvalue weighted by Crippen LogP contribution is -2.43. The number of anilines is 1. The van der Waals surface area contributed by atoms with E-state index in [2.05, 4.69) is 6.07 Å². The minimum Gasteiger partial charge on any atom is -0.320 e. The molecule has 0 saturated carbocycles. The maximum absolute atomic E-state index is 12.4. The zero-order valence-electron chi connectivity index (χ0n) is 11.9. The molecule has 21 heavy (non-hydrogen) atoms. The Bertz CT molecular complexity index is 661. The summed E-state index contributed by atoms with van der Waals surface area (Å²) in [5.74, 6) is -0.207. The topological polar surface area (TPSA) is 70.1 Å². The molecule has 2 aromatic rings. The summed E-state index contributed by atoms with van der Waals surface area (Å²) in [6, 6.07) is 18.1. The van der Waals surface area contributed by atoms with E-state index in [0.29, 0.717) is 17.7 Å². The fraction of sp³-hybridized carbons (Fsp3) is 0.176. The van der Waals surface area contributed by atoms with Crippen LogP contribution in [-0.4, -0.2) is 19.0 Å². The summed E-state index contributed by atoms with van der Waals surface area (Å²) in [5, 5.41) is 9.10. The number of nitriles is 1. The summed E-state index contributed by atoms with van der Waals surface area (Å²) in [4.78, 5) is 13.9. The maximum Gasteiger partial charge on any atom is 0.244 e. The monoisotopic (exact) mass is 279 g/mol. The molecule has 0 unspecified atom stereocenters. The average Bonchev–Trinajstić information content (AvgIpc) is 2.54. The summed E-state index contributed by atoms with van der Waals surface area (Å²) in [7, 11) is 1.64. The number of hydrogen-bond acceptors (Lipinski definition) is 3. The Labute approximate surface area is 124 Å². The minimum atomic E-state index is -0.635. The number of nitrogens with zero attached hydrogens (tertiary/aromatic N) is 2. The number of carbonyl (C=O) groups is 1. The molecular weight excluding hydrogens is 262 g/mol. The van der Waals surface area contributed by atoms with Crippen LogP contribution in [0.4, 0.5) is 5.69 Å². The summed E-state index contributed by atoms with van der Waals surface area (Å²) < 4.78 is 0. The largest absolute Gasteiger partial charge is 0.320 e. The average molecular weight is 279 g/mol. The van der Waals surface area contributed by atoms with Crippen molar-refractivity contribution in [3.63, 3.8) is 0 Å². The van der Waals surface area contributed by atoms with Crippen LogP contribution in [0, 0.1) is 11.3 Å². The molecule has 106 valence electrons. The van der Waals surface area contributed by atoms with Crippen LogP contribution in [0.1, 0.15) is 11.1 Å². The molecule has 0 aliphatic rings. The van der Waals surface area contributed by atoms with E-state index < -0.39 is 6.04 Å². The third-order valence-corrected chi connectivity index (χ3v) is 3.33. The van der Waals surface area contributed by atoms with Crippen molar-refractivity contribution in [3.05, 3.63) is 65.7 Å². The first kappa shape index (κ1) is 14.8. The van der Waals surface area contributed by atoms with Crippen molar-refractivity contribution in [2.24, 2.45) is 5.73 Å². The molecule has 2 N–H and O–H groups in total. The van der Waals surface area contributed by atoms with Crippen molar-refractivity contribution in [2.45, 2.75) is 12.5 Å². The predicted molar refractivity (Wildman–Crippen MR) is 82.7 cm³/mol. The van der Waals surface area contributed by atoms with Gasteiger partial charge in [0.1, 0.15) is 6.07 Å². The second-order valence-electron chi connectivity index (χ2n) is 4.82. The van der Waals surface area contributed by atoms with E-state index >= 15 is 0 Å². The Morgan fingerprint density at radius 3 is 2.48 bits per heavy atom. The first-order valence-corrected chi connectivity index (χ1v) is 6.69. The molecule has 0 fully saturated rings. The number of likely N-dealkylation sites (N-methyl/N-ethyl adjacent to an activating group) is 1. The quantitative estimate of drug-likeness (QED) is 0.931. The zero-order valence-corrected chi connectivity index (χ0v) is 11.9. The molecule has 1 atom stereocenters. The molecule has 1 amide bonds. The fourth-order valence-electron chi connectivity index (χ4n) is 2.18. The van der Waals surface area contributed by atoms with E-state index in [1.807, 2.05) is 30.3 Å². The molecule has 0 saturated heterocycles. The molecule has 2 aromatic carbocycles.